The quantitative estimate of drug-likeness (QED) is 0.464. The number of likely N-dealkylation sites (N-methyl/N-ethyl adjacent to an activating group) is 1. The topological polar surface area (TPSA) is 42.3 Å². The molecule has 6 heteroatoms. The molecule has 2 aromatic carbocycles. The number of ketones is 2. The fourth-order valence-electron chi connectivity index (χ4n) is 3.63. The zero-order chi connectivity index (χ0) is 21.5. The number of rotatable bonds is 7. The Balaban J connectivity index is 2.37. The third-order valence-electron chi connectivity index (χ3n) is 5.57. The van der Waals surface area contributed by atoms with Crippen LogP contribution in [-0.2, 0) is 16.1 Å². The van der Waals surface area contributed by atoms with Crippen molar-refractivity contribution in [2.24, 2.45) is 0 Å². The molecule has 1 aromatic heterocycles. The summed E-state index contributed by atoms with van der Waals surface area (Å²) in [5.41, 5.74) is 3.29. The number of fused-ring (bicyclic) bond motifs is 3. The van der Waals surface area contributed by atoms with Gasteiger partial charge in [-0.1, -0.05) is 18.2 Å². The molecule has 0 radical (unpaired) electrons. The number of para-hydroxylation sites is 1. The van der Waals surface area contributed by atoms with E-state index in [0.717, 1.165) is 28.4 Å². The lowest BCUT2D eigenvalue weighted by Gasteiger charge is -2.22. The third kappa shape index (κ3) is 4.07. The van der Waals surface area contributed by atoms with E-state index < -0.39 is 10.8 Å². The zero-order valence-electron chi connectivity index (χ0n) is 17.4. The molecule has 154 valence electrons. The Labute approximate surface area is 181 Å². The molecule has 3 unspecified atom stereocenters. The molecule has 4 nitrogen and oxygen atoms in total. The van der Waals surface area contributed by atoms with Crippen molar-refractivity contribution in [2.45, 2.75) is 44.1 Å². The standard InChI is InChI=1S/C23H26Cl2N2O2/c1-13(26(4)5)12-27-20-9-7-6-8-16(20)17-10-18(22(24)14(2)28)19(11-21(17)27)23(25)15(3)29/h6-11,13,22-23H,12H2,1-5H3. The van der Waals surface area contributed by atoms with Crippen LogP contribution >= 0.6 is 23.2 Å². The van der Waals surface area contributed by atoms with Gasteiger partial charge in [0.25, 0.3) is 0 Å². The number of nitrogens with zero attached hydrogens (tertiary/aromatic N) is 2. The maximum atomic E-state index is 12.1. The summed E-state index contributed by atoms with van der Waals surface area (Å²) in [5.74, 6) is -0.353. The summed E-state index contributed by atoms with van der Waals surface area (Å²) in [4.78, 5) is 26.3. The summed E-state index contributed by atoms with van der Waals surface area (Å²) >= 11 is 12.9. The minimum atomic E-state index is -0.854. The normalized spacial score (nSPS) is 15.0. The van der Waals surface area contributed by atoms with Gasteiger partial charge in [-0.3, -0.25) is 9.59 Å². The van der Waals surface area contributed by atoms with Crippen LogP contribution in [0.2, 0.25) is 0 Å². The molecule has 29 heavy (non-hydrogen) atoms. The van der Waals surface area contributed by atoms with E-state index in [-0.39, 0.29) is 11.6 Å². The number of aromatic nitrogens is 1. The Kier molecular flexibility index (Phi) is 6.37. The van der Waals surface area contributed by atoms with Crippen molar-refractivity contribution in [3.8, 4) is 0 Å². The molecular formula is C23H26Cl2N2O2. The molecule has 0 aliphatic carbocycles. The van der Waals surface area contributed by atoms with Crippen molar-refractivity contribution in [2.75, 3.05) is 14.1 Å². The highest BCUT2D eigenvalue weighted by atomic mass is 35.5. The molecule has 1 heterocycles. The Hall–Kier alpha value is -1.88. The smallest absolute Gasteiger partial charge is 0.152 e. The van der Waals surface area contributed by atoms with Crippen molar-refractivity contribution in [3.63, 3.8) is 0 Å². The maximum absolute atomic E-state index is 12.1. The summed E-state index contributed by atoms with van der Waals surface area (Å²) in [6.07, 6.45) is 0. The minimum Gasteiger partial charge on any atom is -0.339 e. The van der Waals surface area contributed by atoms with E-state index in [9.17, 15) is 9.59 Å². The van der Waals surface area contributed by atoms with Gasteiger partial charge in [0.1, 0.15) is 10.8 Å². The first-order valence-corrected chi connectivity index (χ1v) is 10.5. The van der Waals surface area contributed by atoms with Crippen LogP contribution in [0.15, 0.2) is 36.4 Å². The predicted octanol–water partition coefficient (Wildman–Crippen LogP) is 5.48. The number of alkyl halides is 2. The number of halogens is 2. The van der Waals surface area contributed by atoms with Gasteiger partial charge < -0.3 is 9.47 Å². The molecular weight excluding hydrogens is 407 g/mol. The molecule has 0 bridgehead atoms. The van der Waals surface area contributed by atoms with Crippen LogP contribution < -0.4 is 0 Å². The number of Topliss-reactive ketones (excluding diaryl/α,β-unsaturated/α-hetero) is 2. The first-order valence-electron chi connectivity index (χ1n) is 9.63. The second-order valence-corrected chi connectivity index (χ2v) is 8.76. The predicted molar refractivity (Wildman–Crippen MR) is 121 cm³/mol. The molecule has 3 atom stereocenters. The largest absolute Gasteiger partial charge is 0.339 e. The summed E-state index contributed by atoms with van der Waals surface area (Å²) in [6, 6.07) is 12.3. The number of hydrogen-bond donors (Lipinski definition) is 0. The van der Waals surface area contributed by atoms with Crippen LogP contribution in [0, 0.1) is 0 Å². The molecule has 0 fully saturated rings. The highest BCUT2D eigenvalue weighted by Gasteiger charge is 2.26. The number of carbonyl (C=O) groups is 2. The minimum absolute atomic E-state index is 0.176. The van der Waals surface area contributed by atoms with Crippen LogP contribution in [-0.4, -0.2) is 41.2 Å². The van der Waals surface area contributed by atoms with Gasteiger partial charge in [-0.2, -0.15) is 0 Å². The summed E-state index contributed by atoms with van der Waals surface area (Å²) in [5, 5.41) is 0.387. The lowest BCUT2D eigenvalue weighted by Crippen LogP contribution is -2.29. The maximum Gasteiger partial charge on any atom is 0.152 e. The first-order chi connectivity index (χ1) is 13.6. The van der Waals surface area contributed by atoms with Gasteiger partial charge in [-0.05, 0) is 64.2 Å². The van der Waals surface area contributed by atoms with E-state index in [0.29, 0.717) is 17.2 Å². The summed E-state index contributed by atoms with van der Waals surface area (Å²) < 4.78 is 2.25. The highest BCUT2D eigenvalue weighted by Crippen LogP contribution is 2.39. The fraction of sp³-hybridized carbons (Fsp3) is 0.391. The van der Waals surface area contributed by atoms with Crippen molar-refractivity contribution >= 4 is 56.6 Å². The molecule has 0 aliphatic heterocycles. The van der Waals surface area contributed by atoms with E-state index in [1.807, 2.05) is 24.3 Å². The van der Waals surface area contributed by atoms with Gasteiger partial charge in [-0.15, -0.1) is 23.2 Å². The Morgan fingerprint density at radius 2 is 1.48 bits per heavy atom. The second kappa shape index (κ2) is 8.47. The van der Waals surface area contributed by atoms with E-state index in [1.54, 1.807) is 0 Å². The van der Waals surface area contributed by atoms with Crippen LogP contribution in [0.1, 0.15) is 42.7 Å². The number of benzene rings is 2. The second-order valence-electron chi connectivity index (χ2n) is 7.89. The highest BCUT2D eigenvalue weighted by molar-refractivity contribution is 6.33. The van der Waals surface area contributed by atoms with Crippen LogP contribution in [0.5, 0.6) is 0 Å². The lowest BCUT2D eigenvalue weighted by atomic mass is 9.95. The Morgan fingerprint density at radius 3 is 2.03 bits per heavy atom. The zero-order valence-corrected chi connectivity index (χ0v) is 18.9. The van der Waals surface area contributed by atoms with Crippen molar-refractivity contribution in [1.82, 2.24) is 9.47 Å². The molecule has 0 aliphatic rings. The van der Waals surface area contributed by atoms with Crippen molar-refractivity contribution in [1.29, 1.82) is 0 Å². The van der Waals surface area contributed by atoms with Crippen molar-refractivity contribution < 1.29 is 9.59 Å². The van der Waals surface area contributed by atoms with E-state index in [4.69, 9.17) is 23.2 Å². The van der Waals surface area contributed by atoms with E-state index >= 15 is 0 Å². The SMILES string of the molecule is CC(=O)C(Cl)c1cc2c3ccccc3n(CC(C)N(C)C)c2cc1C(Cl)C(C)=O. The third-order valence-corrected chi connectivity index (χ3v) is 6.65. The lowest BCUT2D eigenvalue weighted by molar-refractivity contribution is -0.118. The monoisotopic (exact) mass is 432 g/mol. The van der Waals surface area contributed by atoms with Gasteiger partial charge >= 0.3 is 0 Å². The molecule has 3 aromatic rings. The Morgan fingerprint density at radius 1 is 0.931 bits per heavy atom. The number of carbonyl (C=O) groups excluding carboxylic acids is 2. The molecule has 3 rings (SSSR count). The van der Waals surface area contributed by atoms with Gasteiger partial charge in [-0.25, -0.2) is 0 Å². The van der Waals surface area contributed by atoms with Crippen LogP contribution in [0.4, 0.5) is 0 Å². The summed E-state index contributed by atoms with van der Waals surface area (Å²) in [7, 11) is 4.11. The molecule has 0 saturated heterocycles. The van der Waals surface area contributed by atoms with E-state index in [1.165, 1.54) is 13.8 Å². The van der Waals surface area contributed by atoms with Crippen LogP contribution in [0.25, 0.3) is 21.8 Å². The molecule has 0 spiro atoms. The van der Waals surface area contributed by atoms with Gasteiger partial charge in [0.05, 0.1) is 0 Å². The van der Waals surface area contributed by atoms with Crippen molar-refractivity contribution in [3.05, 3.63) is 47.5 Å². The molecule has 0 saturated carbocycles. The molecule has 0 amide bonds. The first kappa shape index (κ1) is 21.8. The molecule has 0 N–H and O–H groups in total. The van der Waals surface area contributed by atoms with Gasteiger partial charge in [0.15, 0.2) is 11.6 Å². The van der Waals surface area contributed by atoms with E-state index in [2.05, 4.69) is 42.6 Å². The summed E-state index contributed by atoms with van der Waals surface area (Å²) in [6.45, 7) is 5.84. The van der Waals surface area contributed by atoms with Crippen LogP contribution in [0.3, 0.4) is 0 Å². The average molecular weight is 433 g/mol. The number of hydrogen-bond acceptors (Lipinski definition) is 3. The van der Waals surface area contributed by atoms with Gasteiger partial charge in [0.2, 0.25) is 0 Å². The Bertz CT molecular complexity index is 1090. The van der Waals surface area contributed by atoms with Gasteiger partial charge in [0, 0.05) is 34.4 Å². The fourth-order valence-corrected chi connectivity index (χ4v) is 4.01. The average Bonchev–Trinajstić information content (AvgIpc) is 2.98.